The van der Waals surface area contributed by atoms with Gasteiger partial charge in [-0.3, -0.25) is 4.79 Å². The minimum Gasteiger partial charge on any atom is -0.351 e. The quantitative estimate of drug-likeness (QED) is 0.785. The van der Waals surface area contributed by atoms with Crippen LogP contribution in [0, 0.1) is 0 Å². The van der Waals surface area contributed by atoms with Crippen LogP contribution in [0.15, 0.2) is 59.1 Å². The third-order valence-corrected chi connectivity index (χ3v) is 3.80. The lowest BCUT2D eigenvalue weighted by molar-refractivity contribution is 0.0953. The lowest BCUT2D eigenvalue weighted by Gasteiger charge is -2.14. The maximum absolute atomic E-state index is 11.9. The Kier molecular flexibility index (Phi) is 5.96. The first-order chi connectivity index (χ1) is 10.2. The molecule has 1 atom stereocenters. The van der Waals surface area contributed by atoms with E-state index in [9.17, 15) is 4.79 Å². The minimum absolute atomic E-state index is 0.0336. The summed E-state index contributed by atoms with van der Waals surface area (Å²) in [6.07, 6.45) is 0. The van der Waals surface area contributed by atoms with Crippen molar-refractivity contribution in [1.29, 1.82) is 0 Å². The first kappa shape index (κ1) is 15.7. The van der Waals surface area contributed by atoms with E-state index >= 15 is 0 Å². The first-order valence-corrected chi connectivity index (χ1v) is 7.78. The molecule has 0 bridgehead atoms. The van der Waals surface area contributed by atoms with Crippen LogP contribution in [0.4, 0.5) is 0 Å². The molecule has 2 N–H and O–H groups in total. The van der Waals surface area contributed by atoms with Crippen molar-refractivity contribution in [1.82, 2.24) is 10.6 Å². The summed E-state index contributed by atoms with van der Waals surface area (Å²) < 4.78 is 1.08. The summed E-state index contributed by atoms with van der Waals surface area (Å²) in [7, 11) is 0. The molecule has 1 amide bonds. The molecular weight excluding hydrogens is 328 g/mol. The molecule has 2 aromatic rings. The van der Waals surface area contributed by atoms with Gasteiger partial charge in [-0.25, -0.2) is 0 Å². The summed E-state index contributed by atoms with van der Waals surface area (Å²) in [6, 6.07) is 17.8. The van der Waals surface area contributed by atoms with Crippen molar-refractivity contribution < 1.29 is 4.79 Å². The van der Waals surface area contributed by atoms with Crippen LogP contribution in [0.25, 0.3) is 0 Å². The Bertz CT molecular complexity index is 569. The molecule has 21 heavy (non-hydrogen) atoms. The molecule has 0 aromatic heterocycles. The van der Waals surface area contributed by atoms with Gasteiger partial charge in [0.25, 0.3) is 5.91 Å². The zero-order chi connectivity index (χ0) is 15.1. The Balaban J connectivity index is 1.72. The normalized spacial score (nSPS) is 11.9. The van der Waals surface area contributed by atoms with E-state index in [2.05, 4.69) is 45.6 Å². The summed E-state index contributed by atoms with van der Waals surface area (Å²) in [5.41, 5.74) is 1.92. The van der Waals surface area contributed by atoms with Crippen LogP contribution in [-0.4, -0.2) is 19.0 Å². The summed E-state index contributed by atoms with van der Waals surface area (Å²) in [6.45, 7) is 3.45. The van der Waals surface area contributed by atoms with Crippen LogP contribution in [0.3, 0.4) is 0 Å². The predicted molar refractivity (Wildman–Crippen MR) is 89.3 cm³/mol. The number of nitrogens with one attached hydrogen (secondary N) is 2. The molecule has 3 nitrogen and oxygen atoms in total. The molecule has 0 saturated heterocycles. The lowest BCUT2D eigenvalue weighted by Crippen LogP contribution is -2.32. The molecule has 0 aliphatic carbocycles. The predicted octanol–water partition coefficient (Wildman–Crippen LogP) is 3.53. The summed E-state index contributed by atoms with van der Waals surface area (Å²) >= 11 is 3.43. The molecule has 110 valence electrons. The summed E-state index contributed by atoms with van der Waals surface area (Å²) in [5, 5.41) is 6.30. The fourth-order valence-corrected chi connectivity index (χ4v) is 2.29. The summed E-state index contributed by atoms with van der Waals surface area (Å²) in [4.78, 5) is 11.9. The highest BCUT2D eigenvalue weighted by molar-refractivity contribution is 9.10. The number of benzene rings is 2. The highest BCUT2D eigenvalue weighted by Gasteiger charge is 2.05. The van der Waals surface area contributed by atoms with Crippen molar-refractivity contribution in [3.8, 4) is 0 Å². The van der Waals surface area contributed by atoms with E-state index in [1.807, 2.05) is 42.5 Å². The van der Waals surface area contributed by atoms with E-state index in [1.165, 1.54) is 5.56 Å². The van der Waals surface area contributed by atoms with E-state index < -0.39 is 0 Å². The second-order valence-electron chi connectivity index (χ2n) is 4.85. The first-order valence-electron chi connectivity index (χ1n) is 6.99. The van der Waals surface area contributed by atoms with Crippen molar-refractivity contribution in [3.05, 3.63) is 70.2 Å². The van der Waals surface area contributed by atoms with Crippen LogP contribution in [0.2, 0.25) is 0 Å². The van der Waals surface area contributed by atoms with E-state index in [0.29, 0.717) is 12.1 Å². The van der Waals surface area contributed by atoms with E-state index in [4.69, 9.17) is 0 Å². The highest BCUT2D eigenvalue weighted by Crippen LogP contribution is 2.16. The fourth-order valence-electron chi connectivity index (χ4n) is 2.03. The van der Waals surface area contributed by atoms with Gasteiger partial charge in [-0.05, 0) is 36.8 Å². The van der Waals surface area contributed by atoms with Crippen molar-refractivity contribution in [3.63, 3.8) is 0 Å². The maximum atomic E-state index is 11.9. The molecule has 0 fully saturated rings. The molecule has 1 unspecified atom stereocenters. The lowest BCUT2D eigenvalue weighted by atomic mass is 10.1. The second kappa shape index (κ2) is 7.96. The van der Waals surface area contributed by atoms with Gasteiger partial charge in [-0.2, -0.15) is 0 Å². The SMILES string of the molecule is CC(NCCNC(=O)c1ccccc1)c1ccc(Br)cc1. The van der Waals surface area contributed by atoms with Crippen molar-refractivity contribution in [2.75, 3.05) is 13.1 Å². The Labute approximate surface area is 133 Å². The molecule has 2 aromatic carbocycles. The molecule has 0 aliphatic heterocycles. The largest absolute Gasteiger partial charge is 0.351 e. The number of hydrogen-bond acceptors (Lipinski definition) is 2. The Hall–Kier alpha value is -1.65. The van der Waals surface area contributed by atoms with Gasteiger partial charge in [0.05, 0.1) is 0 Å². The van der Waals surface area contributed by atoms with Gasteiger partial charge in [0, 0.05) is 29.2 Å². The van der Waals surface area contributed by atoms with Crippen LogP contribution >= 0.6 is 15.9 Å². The van der Waals surface area contributed by atoms with Gasteiger partial charge in [0.1, 0.15) is 0 Å². The number of amides is 1. The smallest absolute Gasteiger partial charge is 0.251 e. The molecule has 2 rings (SSSR count). The molecule has 4 heteroatoms. The molecule has 0 heterocycles. The molecule has 0 radical (unpaired) electrons. The average molecular weight is 347 g/mol. The number of rotatable bonds is 6. The summed E-state index contributed by atoms with van der Waals surface area (Å²) in [5.74, 6) is -0.0336. The van der Waals surface area contributed by atoms with Crippen molar-refractivity contribution >= 4 is 21.8 Å². The van der Waals surface area contributed by atoms with Gasteiger partial charge in [0.2, 0.25) is 0 Å². The molecular formula is C17H19BrN2O. The Morgan fingerprint density at radius 3 is 2.38 bits per heavy atom. The molecule has 0 saturated carbocycles. The van der Waals surface area contributed by atoms with Gasteiger partial charge >= 0.3 is 0 Å². The van der Waals surface area contributed by atoms with Crippen LogP contribution in [0.5, 0.6) is 0 Å². The minimum atomic E-state index is -0.0336. The number of carbonyl (C=O) groups is 1. The number of halogens is 1. The third kappa shape index (κ3) is 4.99. The molecule has 0 aliphatic rings. The van der Waals surface area contributed by atoms with Gasteiger partial charge in [-0.15, -0.1) is 0 Å². The van der Waals surface area contributed by atoms with E-state index in [-0.39, 0.29) is 11.9 Å². The van der Waals surface area contributed by atoms with E-state index in [0.717, 1.165) is 11.0 Å². The zero-order valence-electron chi connectivity index (χ0n) is 12.0. The van der Waals surface area contributed by atoms with Crippen molar-refractivity contribution in [2.24, 2.45) is 0 Å². The van der Waals surface area contributed by atoms with Crippen molar-refractivity contribution in [2.45, 2.75) is 13.0 Å². The Morgan fingerprint density at radius 1 is 1.05 bits per heavy atom. The van der Waals surface area contributed by atoms with Crippen LogP contribution in [0.1, 0.15) is 28.9 Å². The average Bonchev–Trinajstić information content (AvgIpc) is 2.52. The topological polar surface area (TPSA) is 41.1 Å². The number of carbonyl (C=O) groups excluding carboxylic acids is 1. The number of hydrogen-bond donors (Lipinski definition) is 2. The van der Waals surface area contributed by atoms with Gasteiger partial charge in [0.15, 0.2) is 0 Å². The maximum Gasteiger partial charge on any atom is 0.251 e. The van der Waals surface area contributed by atoms with Crippen LogP contribution < -0.4 is 10.6 Å². The second-order valence-corrected chi connectivity index (χ2v) is 5.76. The van der Waals surface area contributed by atoms with Crippen LogP contribution in [-0.2, 0) is 0 Å². The monoisotopic (exact) mass is 346 g/mol. The van der Waals surface area contributed by atoms with Gasteiger partial charge in [-0.1, -0.05) is 46.3 Å². The third-order valence-electron chi connectivity index (χ3n) is 3.27. The Morgan fingerprint density at radius 2 is 1.71 bits per heavy atom. The van der Waals surface area contributed by atoms with E-state index in [1.54, 1.807) is 0 Å². The zero-order valence-corrected chi connectivity index (χ0v) is 13.6. The highest BCUT2D eigenvalue weighted by atomic mass is 79.9. The van der Waals surface area contributed by atoms with Gasteiger partial charge < -0.3 is 10.6 Å². The fraction of sp³-hybridized carbons (Fsp3) is 0.235. The molecule has 0 spiro atoms. The standard InChI is InChI=1S/C17H19BrN2O/c1-13(14-7-9-16(18)10-8-14)19-11-12-20-17(21)15-5-3-2-4-6-15/h2-10,13,19H,11-12H2,1H3,(H,20,21).